The molecule has 2 unspecified atom stereocenters. The third-order valence-electron chi connectivity index (χ3n) is 3.29. The van der Waals surface area contributed by atoms with Crippen molar-refractivity contribution in [2.75, 3.05) is 7.11 Å². The van der Waals surface area contributed by atoms with Crippen molar-refractivity contribution in [2.45, 2.75) is 45.8 Å². The van der Waals surface area contributed by atoms with Crippen molar-refractivity contribution in [1.82, 2.24) is 0 Å². The van der Waals surface area contributed by atoms with Crippen LogP contribution in [0.2, 0.25) is 0 Å². The van der Waals surface area contributed by atoms with Gasteiger partial charge in [-0.2, -0.15) is 0 Å². The zero-order valence-electron chi connectivity index (χ0n) is 11.2. The highest BCUT2D eigenvalue weighted by Crippen LogP contribution is 2.37. The van der Waals surface area contributed by atoms with Gasteiger partial charge in [0.25, 0.3) is 0 Å². The normalized spacial score (nSPS) is 16.4. The maximum atomic E-state index is 10.3. The summed E-state index contributed by atoms with van der Waals surface area (Å²) in [5.74, 6) is 0.628. The van der Waals surface area contributed by atoms with Crippen LogP contribution in [0.1, 0.15) is 43.1 Å². The number of methoxy groups -OCH3 is 1. The van der Waals surface area contributed by atoms with Gasteiger partial charge < -0.3 is 14.9 Å². The SMILES string of the molecule is CCC(C)(O)C(O)c1c(C)cc(C)cc1OC. The molecule has 0 saturated carbocycles. The standard InChI is InChI=1S/C14H22O3/c1-6-14(4,16)13(15)12-10(3)7-9(2)8-11(12)17-5/h7-8,13,15-16H,6H2,1-5H3. The van der Waals surface area contributed by atoms with Gasteiger partial charge in [0.05, 0.1) is 12.7 Å². The van der Waals surface area contributed by atoms with Gasteiger partial charge in [-0.1, -0.05) is 13.0 Å². The molecule has 0 radical (unpaired) electrons. The lowest BCUT2D eigenvalue weighted by Gasteiger charge is -2.30. The molecule has 96 valence electrons. The van der Waals surface area contributed by atoms with E-state index in [1.165, 1.54) is 0 Å². The Hall–Kier alpha value is -1.06. The second kappa shape index (κ2) is 5.07. The van der Waals surface area contributed by atoms with Crippen LogP contribution in [-0.2, 0) is 0 Å². The Morgan fingerprint density at radius 1 is 1.35 bits per heavy atom. The fourth-order valence-corrected chi connectivity index (χ4v) is 1.96. The largest absolute Gasteiger partial charge is 0.496 e. The summed E-state index contributed by atoms with van der Waals surface area (Å²) < 4.78 is 5.30. The van der Waals surface area contributed by atoms with E-state index < -0.39 is 11.7 Å². The van der Waals surface area contributed by atoms with Crippen LogP contribution in [0.3, 0.4) is 0 Å². The maximum absolute atomic E-state index is 10.3. The molecule has 0 aromatic heterocycles. The van der Waals surface area contributed by atoms with Crippen molar-refractivity contribution in [1.29, 1.82) is 0 Å². The van der Waals surface area contributed by atoms with Gasteiger partial charge in [0.15, 0.2) is 0 Å². The molecule has 0 amide bonds. The maximum Gasteiger partial charge on any atom is 0.125 e. The summed E-state index contributed by atoms with van der Waals surface area (Å²) in [7, 11) is 1.57. The number of rotatable bonds is 4. The second-order valence-electron chi connectivity index (χ2n) is 4.81. The fraction of sp³-hybridized carbons (Fsp3) is 0.571. The van der Waals surface area contributed by atoms with Crippen molar-refractivity contribution in [3.63, 3.8) is 0 Å². The second-order valence-corrected chi connectivity index (χ2v) is 4.81. The summed E-state index contributed by atoms with van der Waals surface area (Å²) in [4.78, 5) is 0. The Bertz CT molecular complexity index is 397. The third kappa shape index (κ3) is 2.79. The number of benzene rings is 1. The molecule has 0 heterocycles. The summed E-state index contributed by atoms with van der Waals surface area (Å²) in [6.07, 6.45) is -0.465. The van der Waals surface area contributed by atoms with Crippen molar-refractivity contribution in [3.05, 3.63) is 28.8 Å². The van der Waals surface area contributed by atoms with Gasteiger partial charge in [-0.15, -0.1) is 0 Å². The highest BCUT2D eigenvalue weighted by atomic mass is 16.5. The van der Waals surface area contributed by atoms with E-state index in [1.807, 2.05) is 32.9 Å². The van der Waals surface area contributed by atoms with E-state index in [-0.39, 0.29) is 0 Å². The average molecular weight is 238 g/mol. The monoisotopic (exact) mass is 238 g/mol. The van der Waals surface area contributed by atoms with Gasteiger partial charge in [0.2, 0.25) is 0 Å². The molecule has 0 saturated heterocycles. The Morgan fingerprint density at radius 2 is 1.94 bits per heavy atom. The smallest absolute Gasteiger partial charge is 0.125 e. The van der Waals surface area contributed by atoms with Crippen LogP contribution in [0.5, 0.6) is 5.75 Å². The van der Waals surface area contributed by atoms with E-state index in [0.717, 1.165) is 11.1 Å². The Labute approximate surface area is 103 Å². The Kier molecular flexibility index (Phi) is 4.17. The predicted molar refractivity (Wildman–Crippen MR) is 68.3 cm³/mol. The number of aryl methyl sites for hydroxylation is 2. The first-order valence-corrected chi connectivity index (χ1v) is 5.89. The number of ether oxygens (including phenoxy) is 1. The van der Waals surface area contributed by atoms with Gasteiger partial charge >= 0.3 is 0 Å². The molecule has 2 atom stereocenters. The minimum Gasteiger partial charge on any atom is -0.496 e. The van der Waals surface area contributed by atoms with E-state index in [1.54, 1.807) is 14.0 Å². The van der Waals surface area contributed by atoms with Crippen molar-refractivity contribution >= 4 is 0 Å². The van der Waals surface area contributed by atoms with Crippen molar-refractivity contribution in [3.8, 4) is 5.75 Å². The van der Waals surface area contributed by atoms with E-state index in [4.69, 9.17) is 4.74 Å². The summed E-state index contributed by atoms with van der Waals surface area (Å²) >= 11 is 0. The Morgan fingerprint density at radius 3 is 2.41 bits per heavy atom. The molecule has 1 aromatic carbocycles. The summed E-state index contributed by atoms with van der Waals surface area (Å²) in [5.41, 5.74) is 1.53. The molecule has 3 heteroatoms. The zero-order valence-corrected chi connectivity index (χ0v) is 11.2. The average Bonchev–Trinajstić information content (AvgIpc) is 2.27. The van der Waals surface area contributed by atoms with Crippen LogP contribution in [0.15, 0.2) is 12.1 Å². The number of aliphatic hydroxyl groups excluding tert-OH is 1. The zero-order chi connectivity index (χ0) is 13.2. The van der Waals surface area contributed by atoms with Gasteiger partial charge in [0.1, 0.15) is 11.9 Å². The molecule has 0 bridgehead atoms. The summed E-state index contributed by atoms with van der Waals surface area (Å²) in [6, 6.07) is 3.85. The van der Waals surface area contributed by atoms with E-state index in [9.17, 15) is 10.2 Å². The minimum atomic E-state index is -1.15. The lowest BCUT2D eigenvalue weighted by Crippen LogP contribution is -2.32. The first kappa shape index (κ1) is 14.0. The van der Waals surface area contributed by atoms with Gasteiger partial charge in [0, 0.05) is 5.56 Å². The van der Waals surface area contributed by atoms with Gasteiger partial charge in [-0.05, 0) is 44.4 Å². The van der Waals surface area contributed by atoms with Crippen LogP contribution in [0.25, 0.3) is 0 Å². The van der Waals surface area contributed by atoms with Crippen LogP contribution >= 0.6 is 0 Å². The lowest BCUT2D eigenvalue weighted by atomic mass is 9.87. The lowest BCUT2D eigenvalue weighted by molar-refractivity contribution is -0.0669. The number of hydrogen-bond acceptors (Lipinski definition) is 3. The molecule has 0 aliphatic carbocycles. The molecular weight excluding hydrogens is 216 g/mol. The fourth-order valence-electron chi connectivity index (χ4n) is 1.96. The summed E-state index contributed by atoms with van der Waals surface area (Å²) in [5, 5.41) is 20.5. The summed E-state index contributed by atoms with van der Waals surface area (Å²) in [6.45, 7) is 7.37. The molecule has 0 fully saturated rings. The topological polar surface area (TPSA) is 49.7 Å². The van der Waals surface area contributed by atoms with E-state index in [2.05, 4.69) is 0 Å². The highest BCUT2D eigenvalue weighted by Gasteiger charge is 2.32. The molecule has 0 aliphatic heterocycles. The highest BCUT2D eigenvalue weighted by molar-refractivity contribution is 5.45. The van der Waals surface area contributed by atoms with E-state index >= 15 is 0 Å². The molecular formula is C14H22O3. The van der Waals surface area contributed by atoms with Crippen molar-refractivity contribution < 1.29 is 14.9 Å². The molecule has 1 rings (SSSR count). The van der Waals surface area contributed by atoms with Gasteiger partial charge in [-0.25, -0.2) is 0 Å². The number of hydrogen-bond donors (Lipinski definition) is 2. The predicted octanol–water partition coefficient (Wildman–Crippen LogP) is 2.51. The third-order valence-corrected chi connectivity index (χ3v) is 3.29. The number of aliphatic hydroxyl groups is 2. The first-order valence-electron chi connectivity index (χ1n) is 5.89. The molecule has 0 aliphatic rings. The molecule has 0 spiro atoms. The van der Waals surface area contributed by atoms with E-state index in [0.29, 0.717) is 17.7 Å². The van der Waals surface area contributed by atoms with Crippen molar-refractivity contribution in [2.24, 2.45) is 0 Å². The molecule has 3 nitrogen and oxygen atoms in total. The molecule has 17 heavy (non-hydrogen) atoms. The van der Waals surface area contributed by atoms with Crippen LogP contribution < -0.4 is 4.74 Å². The quantitative estimate of drug-likeness (QED) is 0.847. The minimum absolute atomic E-state index is 0.477. The molecule has 1 aromatic rings. The van der Waals surface area contributed by atoms with Crippen LogP contribution in [0.4, 0.5) is 0 Å². The Balaban J connectivity index is 3.30. The molecule has 2 N–H and O–H groups in total. The van der Waals surface area contributed by atoms with Crippen LogP contribution in [0, 0.1) is 13.8 Å². The van der Waals surface area contributed by atoms with Gasteiger partial charge in [-0.3, -0.25) is 0 Å². The van der Waals surface area contributed by atoms with Crippen LogP contribution in [-0.4, -0.2) is 22.9 Å². The first-order chi connectivity index (χ1) is 7.83.